The van der Waals surface area contributed by atoms with Gasteiger partial charge in [-0.25, -0.2) is 10.9 Å². The lowest BCUT2D eigenvalue weighted by atomic mass is 10.0. The Morgan fingerprint density at radius 3 is 2.77 bits per heavy atom. The molecule has 3 aromatic rings. The number of methoxy groups -OCH3 is 1. The summed E-state index contributed by atoms with van der Waals surface area (Å²) in [6.45, 7) is 2.13. The molecule has 2 aliphatic heterocycles. The number of ether oxygens (including phenoxy) is 1. The van der Waals surface area contributed by atoms with Crippen LogP contribution in [0, 0.1) is 0 Å². The summed E-state index contributed by atoms with van der Waals surface area (Å²) in [6, 6.07) is 16.0. The zero-order valence-corrected chi connectivity index (χ0v) is 18.1. The number of hydrogen-bond donors (Lipinski definition) is 2. The van der Waals surface area contributed by atoms with E-state index in [1.54, 1.807) is 18.9 Å². The molecule has 0 saturated carbocycles. The lowest BCUT2D eigenvalue weighted by Gasteiger charge is -2.21. The molecule has 3 heterocycles. The van der Waals surface area contributed by atoms with Crippen LogP contribution in [0.1, 0.15) is 42.4 Å². The molecule has 5 rings (SSSR count). The van der Waals surface area contributed by atoms with E-state index in [-0.39, 0.29) is 17.3 Å². The summed E-state index contributed by atoms with van der Waals surface area (Å²) in [5.74, 6) is 1.61. The Morgan fingerprint density at radius 2 is 1.93 bits per heavy atom. The molecule has 0 aliphatic carbocycles. The number of benzene rings is 2. The average Bonchev–Trinajstić information content (AvgIpc) is 3.40. The Kier molecular flexibility index (Phi) is 5.24. The van der Waals surface area contributed by atoms with Gasteiger partial charge in [-0.05, 0) is 43.2 Å². The minimum Gasteiger partial charge on any atom is -0.497 e. The summed E-state index contributed by atoms with van der Waals surface area (Å²) in [5, 5.41) is 15.5. The average molecular weight is 441 g/mol. The number of thioether (sulfide) groups is 1. The third-order valence-electron chi connectivity index (χ3n) is 5.34. The predicted octanol–water partition coefficient (Wildman–Crippen LogP) is 3.97. The van der Waals surface area contributed by atoms with Crippen LogP contribution in [-0.2, 0) is 0 Å². The van der Waals surface area contributed by atoms with E-state index in [1.807, 2.05) is 41.1 Å². The fourth-order valence-corrected chi connectivity index (χ4v) is 4.94. The van der Waals surface area contributed by atoms with Crippen LogP contribution in [0.15, 0.2) is 58.8 Å². The molecule has 1 fully saturated rings. The number of nitrogens with one attached hydrogen (secondary N) is 2. The number of nitrogens with zero attached hydrogens (tertiary/aromatic N) is 4. The first-order valence-electron chi connectivity index (χ1n) is 9.74. The van der Waals surface area contributed by atoms with Crippen LogP contribution < -0.4 is 15.6 Å². The van der Waals surface area contributed by atoms with Crippen molar-refractivity contribution in [1.29, 1.82) is 0 Å². The van der Waals surface area contributed by atoms with Gasteiger partial charge in [0, 0.05) is 16.6 Å². The van der Waals surface area contributed by atoms with Gasteiger partial charge in [0.2, 0.25) is 5.16 Å². The number of fused-ring (bicyclic) bond motifs is 1. The van der Waals surface area contributed by atoms with Crippen LogP contribution in [0.5, 0.6) is 5.75 Å². The van der Waals surface area contributed by atoms with Crippen LogP contribution in [0.25, 0.3) is 0 Å². The molecule has 2 aliphatic rings. The smallest absolute Gasteiger partial charge is 0.212 e. The summed E-state index contributed by atoms with van der Waals surface area (Å²) < 4.78 is 7.24. The van der Waals surface area contributed by atoms with Crippen molar-refractivity contribution in [3.8, 4) is 5.75 Å². The molecule has 0 radical (unpaired) electrons. The first-order chi connectivity index (χ1) is 14.6. The van der Waals surface area contributed by atoms with Crippen molar-refractivity contribution in [2.45, 2.75) is 35.8 Å². The lowest BCUT2D eigenvalue weighted by Crippen LogP contribution is -2.28. The van der Waals surface area contributed by atoms with Gasteiger partial charge >= 0.3 is 0 Å². The third kappa shape index (κ3) is 3.60. The molecule has 2 N–H and O–H groups in total. The Balaban J connectivity index is 1.45. The second kappa shape index (κ2) is 8.03. The highest BCUT2D eigenvalue weighted by atomic mass is 35.5. The van der Waals surface area contributed by atoms with Gasteiger partial charge in [0.25, 0.3) is 0 Å². The van der Waals surface area contributed by atoms with Crippen molar-refractivity contribution in [3.05, 3.63) is 70.5 Å². The number of hydrogen-bond acceptors (Lipinski definition) is 7. The number of aromatic nitrogens is 3. The summed E-state index contributed by atoms with van der Waals surface area (Å²) in [6.07, 6.45) is 0.822. The maximum Gasteiger partial charge on any atom is 0.212 e. The topological polar surface area (TPSA) is 76.4 Å². The maximum atomic E-state index is 6.16. The molecule has 1 saturated heterocycles. The van der Waals surface area contributed by atoms with E-state index >= 15 is 0 Å². The second-order valence-corrected chi connectivity index (χ2v) is 9.06. The van der Waals surface area contributed by atoms with Crippen LogP contribution >= 0.6 is 23.4 Å². The van der Waals surface area contributed by atoms with E-state index in [0.717, 1.165) is 45.0 Å². The molecule has 2 aromatic carbocycles. The first kappa shape index (κ1) is 19.6. The lowest BCUT2D eigenvalue weighted by molar-refractivity contribution is 0.414. The Labute approximate surface area is 183 Å². The number of hydrazine groups is 1. The molecule has 30 heavy (non-hydrogen) atoms. The Bertz CT molecular complexity index is 1120. The van der Waals surface area contributed by atoms with Gasteiger partial charge in [0.05, 0.1) is 24.1 Å². The fraction of sp³-hybridized carbons (Fsp3) is 0.286. The van der Waals surface area contributed by atoms with E-state index in [1.165, 1.54) is 0 Å². The molecule has 3 unspecified atom stereocenters. The largest absolute Gasteiger partial charge is 0.497 e. The van der Waals surface area contributed by atoms with E-state index in [9.17, 15) is 0 Å². The van der Waals surface area contributed by atoms with Gasteiger partial charge < -0.3 is 4.74 Å². The van der Waals surface area contributed by atoms with Gasteiger partial charge in [-0.1, -0.05) is 47.6 Å². The monoisotopic (exact) mass is 440 g/mol. The van der Waals surface area contributed by atoms with Gasteiger partial charge in [-0.15, -0.1) is 10.2 Å². The highest BCUT2D eigenvalue weighted by Crippen LogP contribution is 2.35. The molecule has 9 heteroatoms. The normalized spacial score (nSPS) is 23.2. The van der Waals surface area contributed by atoms with Crippen LogP contribution in [0.3, 0.4) is 0 Å². The summed E-state index contributed by atoms with van der Waals surface area (Å²) in [5.41, 5.74) is 9.85. The molecular formula is C21H21ClN6OS. The summed E-state index contributed by atoms with van der Waals surface area (Å²) in [7, 11) is 1.67. The maximum absolute atomic E-state index is 6.16. The molecule has 0 spiro atoms. The molecule has 0 bridgehead atoms. The van der Waals surface area contributed by atoms with Gasteiger partial charge in [0.1, 0.15) is 5.75 Å². The van der Waals surface area contributed by atoms with Crippen molar-refractivity contribution >= 4 is 29.1 Å². The molecule has 3 atom stereocenters. The second-order valence-electron chi connectivity index (χ2n) is 7.31. The van der Waals surface area contributed by atoms with Gasteiger partial charge in [-0.3, -0.25) is 0 Å². The minimum absolute atomic E-state index is 0.0143. The predicted molar refractivity (Wildman–Crippen MR) is 118 cm³/mol. The standard InChI is InChI=1S/C21H21ClN6OS/c1-12-19(14-6-4-8-16(10-14)29-2)27-28-20(25-26-21(28)30-12)18-11-17(23-24-18)13-5-3-7-15(22)9-13/h3-10,12,17-18,23-24H,11H2,1-2H3. The van der Waals surface area contributed by atoms with Crippen LogP contribution in [-0.4, -0.2) is 32.9 Å². The third-order valence-corrected chi connectivity index (χ3v) is 6.62. The summed E-state index contributed by atoms with van der Waals surface area (Å²) in [4.78, 5) is 0. The van der Waals surface area contributed by atoms with Crippen molar-refractivity contribution in [1.82, 2.24) is 25.7 Å². The van der Waals surface area contributed by atoms with Crippen molar-refractivity contribution in [3.63, 3.8) is 0 Å². The van der Waals surface area contributed by atoms with E-state index in [4.69, 9.17) is 21.4 Å². The molecule has 154 valence electrons. The van der Waals surface area contributed by atoms with Crippen molar-refractivity contribution < 1.29 is 4.74 Å². The van der Waals surface area contributed by atoms with E-state index < -0.39 is 0 Å². The number of halogens is 1. The van der Waals surface area contributed by atoms with Crippen LogP contribution in [0.4, 0.5) is 0 Å². The molecule has 7 nitrogen and oxygen atoms in total. The number of rotatable bonds is 4. The minimum atomic E-state index is -0.0143. The first-order valence-corrected chi connectivity index (χ1v) is 11.0. The zero-order valence-electron chi connectivity index (χ0n) is 16.5. The van der Waals surface area contributed by atoms with Crippen LogP contribution in [0.2, 0.25) is 5.02 Å². The molecule has 0 amide bonds. The van der Waals surface area contributed by atoms with Crippen molar-refractivity contribution in [2.75, 3.05) is 7.11 Å². The quantitative estimate of drug-likeness (QED) is 0.639. The van der Waals surface area contributed by atoms with Gasteiger partial charge in [-0.2, -0.15) is 9.78 Å². The Morgan fingerprint density at radius 1 is 1.10 bits per heavy atom. The summed E-state index contributed by atoms with van der Waals surface area (Å²) >= 11 is 7.82. The van der Waals surface area contributed by atoms with Gasteiger partial charge in [0.15, 0.2) is 5.82 Å². The van der Waals surface area contributed by atoms with E-state index in [2.05, 4.69) is 40.1 Å². The van der Waals surface area contributed by atoms with Crippen molar-refractivity contribution in [2.24, 2.45) is 5.10 Å². The molecular weight excluding hydrogens is 420 g/mol. The molecule has 1 aromatic heterocycles. The fourth-order valence-electron chi connectivity index (χ4n) is 3.81. The zero-order chi connectivity index (χ0) is 20.7. The highest BCUT2D eigenvalue weighted by Gasteiger charge is 2.33. The van der Waals surface area contributed by atoms with E-state index in [0.29, 0.717) is 0 Å². The highest BCUT2D eigenvalue weighted by molar-refractivity contribution is 8.00. The Hall–Kier alpha value is -2.39. The SMILES string of the molecule is COc1cccc(C2=Nn3c(nnc3C3CC(c4cccc(Cl)c4)NN3)SC2C)c1.